The molecule has 0 amide bonds. The highest BCUT2D eigenvalue weighted by atomic mass is 16.1. The average Bonchev–Trinajstić information content (AvgIpc) is 2.57. The van der Waals surface area contributed by atoms with Crippen LogP contribution in [0.4, 0.5) is 0 Å². The minimum absolute atomic E-state index is 0.284. The fraction of sp³-hybridized carbons (Fsp3) is 0.545. The van der Waals surface area contributed by atoms with Crippen molar-refractivity contribution < 1.29 is 9.69 Å². The zero-order valence-corrected chi connectivity index (χ0v) is 8.79. The molecule has 1 aliphatic heterocycles. The first-order valence-corrected chi connectivity index (χ1v) is 5.17. The molecule has 76 valence electrons. The van der Waals surface area contributed by atoms with Crippen LogP contribution in [0.15, 0.2) is 18.3 Å². The van der Waals surface area contributed by atoms with E-state index >= 15 is 0 Å². The highest BCUT2D eigenvalue weighted by Crippen LogP contribution is 2.12. The van der Waals surface area contributed by atoms with E-state index in [4.69, 9.17) is 0 Å². The lowest BCUT2D eigenvalue weighted by Crippen LogP contribution is -3.14. The predicted octanol–water partition coefficient (Wildman–Crippen LogP) is 0.0366. The molecule has 1 aromatic rings. The Kier molecular flexibility index (Phi) is 2.42. The maximum Gasteiger partial charge on any atom is 0.183 e. The van der Waals surface area contributed by atoms with Crippen LogP contribution >= 0.6 is 0 Å². The molecule has 1 aromatic heterocycles. The third-order valence-electron chi connectivity index (χ3n) is 3.07. The second-order valence-electron chi connectivity index (χ2n) is 4.14. The van der Waals surface area contributed by atoms with Gasteiger partial charge in [-0.25, -0.2) is 0 Å². The molecule has 2 unspecified atom stereocenters. The van der Waals surface area contributed by atoms with Gasteiger partial charge in [0.2, 0.25) is 0 Å². The quantitative estimate of drug-likeness (QED) is 0.705. The third-order valence-corrected chi connectivity index (χ3v) is 3.07. The summed E-state index contributed by atoms with van der Waals surface area (Å²) in [6.45, 7) is 6.63. The first kappa shape index (κ1) is 9.46. The van der Waals surface area contributed by atoms with Gasteiger partial charge in [0.15, 0.2) is 5.78 Å². The molecule has 0 aromatic carbocycles. The van der Waals surface area contributed by atoms with Crippen LogP contribution in [0.5, 0.6) is 0 Å². The number of carbonyl (C=O) groups excluding carboxylic acids is 1. The lowest BCUT2D eigenvalue weighted by Gasteiger charge is -2.31. The number of nitrogens with zero attached hydrogens (tertiary/aromatic N) is 1. The van der Waals surface area contributed by atoms with Gasteiger partial charge in [-0.05, 0) is 19.1 Å². The van der Waals surface area contributed by atoms with Crippen molar-refractivity contribution in [2.45, 2.75) is 26.4 Å². The first-order chi connectivity index (χ1) is 6.68. The maximum atomic E-state index is 11.1. The fourth-order valence-corrected chi connectivity index (χ4v) is 2.27. The van der Waals surface area contributed by atoms with Crippen molar-refractivity contribution in [2.24, 2.45) is 0 Å². The average molecular weight is 193 g/mol. The highest BCUT2D eigenvalue weighted by molar-refractivity contribution is 5.76. The number of rotatable bonds is 2. The zero-order valence-electron chi connectivity index (χ0n) is 8.79. The smallest absolute Gasteiger partial charge is 0.183 e. The van der Waals surface area contributed by atoms with Gasteiger partial charge in [-0.15, -0.1) is 0 Å². The summed E-state index contributed by atoms with van der Waals surface area (Å²) in [6.07, 6.45) is 2.12. The number of quaternary nitrogens is 1. The number of ketones is 1. The van der Waals surface area contributed by atoms with Gasteiger partial charge in [0.05, 0.1) is 18.8 Å². The van der Waals surface area contributed by atoms with Gasteiger partial charge in [-0.1, -0.05) is 0 Å². The van der Waals surface area contributed by atoms with E-state index in [1.165, 1.54) is 10.6 Å². The molecule has 2 atom stereocenters. The Bertz CT molecular complexity index is 343. The fourth-order valence-electron chi connectivity index (χ4n) is 2.27. The molecule has 2 heterocycles. The second kappa shape index (κ2) is 3.58. The summed E-state index contributed by atoms with van der Waals surface area (Å²) in [4.78, 5) is 12.5. The van der Waals surface area contributed by atoms with Gasteiger partial charge in [-0.2, -0.15) is 0 Å². The van der Waals surface area contributed by atoms with Crippen LogP contribution in [0.2, 0.25) is 0 Å². The van der Waals surface area contributed by atoms with Crippen molar-refractivity contribution in [3.8, 4) is 0 Å². The van der Waals surface area contributed by atoms with E-state index in [1.54, 1.807) is 6.92 Å². The lowest BCUT2D eigenvalue weighted by molar-refractivity contribution is -0.926. The molecule has 0 saturated heterocycles. The Morgan fingerprint density at radius 3 is 3.21 bits per heavy atom. The Labute approximate surface area is 84.3 Å². The highest BCUT2D eigenvalue weighted by Gasteiger charge is 2.27. The van der Waals surface area contributed by atoms with E-state index < -0.39 is 0 Å². The minimum Gasteiger partial charge on any atom is -0.341 e. The molecular formula is C11H17N2O+. The van der Waals surface area contributed by atoms with Crippen molar-refractivity contribution in [1.82, 2.24) is 4.57 Å². The summed E-state index contributed by atoms with van der Waals surface area (Å²) in [5, 5.41) is 0. The van der Waals surface area contributed by atoms with Gasteiger partial charge in [-0.3, -0.25) is 4.79 Å². The van der Waals surface area contributed by atoms with Crippen LogP contribution in [0, 0.1) is 0 Å². The van der Waals surface area contributed by atoms with Gasteiger partial charge in [0.25, 0.3) is 0 Å². The molecule has 0 fully saturated rings. The van der Waals surface area contributed by atoms with Gasteiger partial charge in [0, 0.05) is 13.1 Å². The van der Waals surface area contributed by atoms with Gasteiger partial charge < -0.3 is 9.47 Å². The predicted molar refractivity (Wildman–Crippen MR) is 54.2 cm³/mol. The summed E-state index contributed by atoms with van der Waals surface area (Å²) in [5.41, 5.74) is 1.35. The number of aromatic nitrogens is 1. The summed E-state index contributed by atoms with van der Waals surface area (Å²) in [7, 11) is 0. The first-order valence-electron chi connectivity index (χ1n) is 5.17. The Morgan fingerprint density at radius 2 is 2.50 bits per heavy atom. The number of fused-ring (bicyclic) bond motifs is 1. The molecule has 0 aliphatic carbocycles. The second-order valence-corrected chi connectivity index (χ2v) is 4.14. The number of Topliss-reactive ketones (excluding diaryl/α,β-unsaturated/α-hetero) is 1. The van der Waals surface area contributed by atoms with Crippen LogP contribution in [0.25, 0.3) is 0 Å². The van der Waals surface area contributed by atoms with E-state index in [-0.39, 0.29) is 5.78 Å². The zero-order chi connectivity index (χ0) is 10.1. The van der Waals surface area contributed by atoms with Crippen molar-refractivity contribution in [1.29, 1.82) is 0 Å². The van der Waals surface area contributed by atoms with Crippen molar-refractivity contribution in [3.05, 3.63) is 24.0 Å². The normalized spacial score (nSPS) is 25.9. The van der Waals surface area contributed by atoms with Crippen molar-refractivity contribution in [2.75, 3.05) is 13.1 Å². The van der Waals surface area contributed by atoms with E-state index in [2.05, 4.69) is 29.8 Å². The van der Waals surface area contributed by atoms with E-state index in [0.29, 0.717) is 12.6 Å². The topological polar surface area (TPSA) is 26.4 Å². The van der Waals surface area contributed by atoms with Crippen LogP contribution in [0.1, 0.15) is 25.6 Å². The SMILES string of the molecule is CC(=O)C[NH+]1CCn2cccc2C1C. The van der Waals surface area contributed by atoms with E-state index in [0.717, 1.165) is 13.1 Å². The molecule has 3 heteroatoms. The molecule has 2 rings (SSSR count). The van der Waals surface area contributed by atoms with Gasteiger partial charge >= 0.3 is 0 Å². The molecule has 14 heavy (non-hydrogen) atoms. The van der Waals surface area contributed by atoms with Crippen LogP contribution in [-0.4, -0.2) is 23.4 Å². The molecule has 0 saturated carbocycles. The standard InChI is InChI=1S/C11H16N2O/c1-9(14)8-13-7-6-12-5-3-4-11(12)10(13)2/h3-5,10H,6-8H2,1-2H3/p+1. The number of nitrogens with one attached hydrogen (secondary N) is 1. The lowest BCUT2D eigenvalue weighted by atomic mass is 10.1. The van der Waals surface area contributed by atoms with Crippen LogP contribution in [0.3, 0.4) is 0 Å². The maximum absolute atomic E-state index is 11.1. The van der Waals surface area contributed by atoms with Crippen molar-refractivity contribution >= 4 is 5.78 Å². The molecule has 0 spiro atoms. The summed E-state index contributed by atoms with van der Waals surface area (Å²) < 4.78 is 2.29. The summed E-state index contributed by atoms with van der Waals surface area (Å²) in [6, 6.07) is 4.69. The van der Waals surface area contributed by atoms with E-state index in [9.17, 15) is 4.79 Å². The van der Waals surface area contributed by atoms with Crippen LogP contribution < -0.4 is 4.90 Å². The Balaban J connectivity index is 2.16. The van der Waals surface area contributed by atoms with E-state index in [1.807, 2.05) is 0 Å². The third kappa shape index (κ3) is 1.60. The largest absolute Gasteiger partial charge is 0.341 e. The molecule has 1 aliphatic rings. The summed E-state index contributed by atoms with van der Waals surface area (Å²) >= 11 is 0. The number of carbonyl (C=O) groups is 1. The Hall–Kier alpha value is -1.09. The number of hydrogen-bond acceptors (Lipinski definition) is 1. The molecule has 0 bridgehead atoms. The number of hydrogen-bond donors (Lipinski definition) is 1. The van der Waals surface area contributed by atoms with Crippen molar-refractivity contribution in [3.63, 3.8) is 0 Å². The monoisotopic (exact) mass is 193 g/mol. The molecule has 3 nitrogen and oxygen atoms in total. The summed E-state index contributed by atoms with van der Waals surface area (Å²) in [5.74, 6) is 0.284. The van der Waals surface area contributed by atoms with Gasteiger partial charge in [0.1, 0.15) is 12.6 Å². The Morgan fingerprint density at radius 1 is 1.71 bits per heavy atom. The molecular weight excluding hydrogens is 176 g/mol. The van der Waals surface area contributed by atoms with Crippen LogP contribution in [-0.2, 0) is 11.3 Å². The molecule has 1 N–H and O–H groups in total. The molecule has 0 radical (unpaired) electrons. The minimum atomic E-state index is 0.284.